The number of anilines is 1. The summed E-state index contributed by atoms with van der Waals surface area (Å²) < 4.78 is 7.64. The second-order valence-electron chi connectivity index (χ2n) is 9.88. The van der Waals surface area contributed by atoms with Crippen LogP contribution in [0.1, 0.15) is 37.9 Å². The van der Waals surface area contributed by atoms with E-state index in [1.54, 1.807) is 0 Å². The molecule has 1 saturated carbocycles. The molecule has 2 amide bonds. The minimum atomic E-state index is -0.213. The highest BCUT2D eigenvalue weighted by atomic mass is 16.5. The van der Waals surface area contributed by atoms with E-state index in [0.29, 0.717) is 17.3 Å². The Morgan fingerprint density at radius 2 is 1.75 bits per heavy atom. The van der Waals surface area contributed by atoms with Crippen molar-refractivity contribution in [2.24, 2.45) is 13.0 Å². The molecule has 1 aromatic heterocycles. The van der Waals surface area contributed by atoms with Gasteiger partial charge in [0.2, 0.25) is 5.91 Å². The zero-order chi connectivity index (χ0) is 24.9. The molecular weight excluding hydrogens is 454 g/mol. The van der Waals surface area contributed by atoms with Gasteiger partial charge in [-0.3, -0.25) is 14.5 Å². The molecule has 36 heavy (non-hydrogen) atoms. The molecule has 8 nitrogen and oxygen atoms in total. The molecule has 1 aliphatic carbocycles. The molecule has 0 unspecified atom stereocenters. The van der Waals surface area contributed by atoms with E-state index in [4.69, 9.17) is 9.72 Å². The van der Waals surface area contributed by atoms with Gasteiger partial charge in [-0.05, 0) is 43.2 Å². The molecule has 1 N–H and O–H groups in total. The Kier molecular flexibility index (Phi) is 7.51. The fourth-order valence-corrected chi connectivity index (χ4v) is 5.27. The number of imidazole rings is 1. The minimum absolute atomic E-state index is 0.0508. The maximum atomic E-state index is 12.9. The summed E-state index contributed by atoms with van der Waals surface area (Å²) in [6.45, 7) is 4.00. The van der Waals surface area contributed by atoms with Crippen LogP contribution in [-0.2, 0) is 23.2 Å². The number of hydrogen-bond acceptors (Lipinski definition) is 5. The van der Waals surface area contributed by atoms with Crippen LogP contribution < -0.4 is 10.1 Å². The second-order valence-corrected chi connectivity index (χ2v) is 9.88. The molecule has 0 atom stereocenters. The fraction of sp³-hybridized carbons (Fsp3) is 0.464. The van der Waals surface area contributed by atoms with Gasteiger partial charge in [0.15, 0.2) is 6.61 Å². The maximum absolute atomic E-state index is 12.9. The summed E-state index contributed by atoms with van der Waals surface area (Å²) in [6.07, 6.45) is 5.76. The Labute approximate surface area is 212 Å². The number of hydrogen-bond donors (Lipinski definition) is 1. The van der Waals surface area contributed by atoms with Gasteiger partial charge in [-0.15, -0.1) is 0 Å². The third-order valence-electron chi connectivity index (χ3n) is 7.37. The molecule has 2 fully saturated rings. The monoisotopic (exact) mass is 489 g/mol. The first kappa shape index (κ1) is 24.3. The third-order valence-corrected chi connectivity index (χ3v) is 7.37. The lowest BCUT2D eigenvalue weighted by Gasteiger charge is -2.37. The number of aryl methyl sites for hydroxylation is 1. The zero-order valence-electron chi connectivity index (χ0n) is 21.0. The van der Waals surface area contributed by atoms with Gasteiger partial charge < -0.3 is 19.5 Å². The Bertz CT molecular complexity index is 1190. The van der Waals surface area contributed by atoms with Gasteiger partial charge in [-0.25, -0.2) is 4.98 Å². The number of carbonyl (C=O) groups is 2. The fourth-order valence-electron chi connectivity index (χ4n) is 5.27. The van der Waals surface area contributed by atoms with Crippen molar-refractivity contribution in [3.05, 3.63) is 54.4 Å². The normalized spacial score (nSPS) is 17.3. The van der Waals surface area contributed by atoms with Crippen LogP contribution in [0.5, 0.6) is 5.75 Å². The lowest BCUT2D eigenvalue weighted by Crippen LogP contribution is -2.50. The average molecular weight is 490 g/mol. The van der Waals surface area contributed by atoms with Gasteiger partial charge in [0.1, 0.15) is 11.6 Å². The molecular formula is C28H35N5O3. The lowest BCUT2D eigenvalue weighted by molar-refractivity contribution is -0.138. The Balaban J connectivity index is 1.15. The summed E-state index contributed by atoms with van der Waals surface area (Å²) in [4.78, 5) is 34.5. The number of ether oxygens (including phenoxy) is 1. The van der Waals surface area contributed by atoms with E-state index in [1.165, 1.54) is 19.3 Å². The van der Waals surface area contributed by atoms with Gasteiger partial charge in [-0.2, -0.15) is 0 Å². The van der Waals surface area contributed by atoms with E-state index < -0.39 is 0 Å². The zero-order valence-corrected chi connectivity index (χ0v) is 21.0. The van der Waals surface area contributed by atoms with E-state index in [-0.39, 0.29) is 18.4 Å². The van der Waals surface area contributed by atoms with E-state index in [1.807, 2.05) is 55.6 Å². The van der Waals surface area contributed by atoms with Crippen LogP contribution in [0.3, 0.4) is 0 Å². The molecule has 0 spiro atoms. The first-order chi connectivity index (χ1) is 17.6. The highest BCUT2D eigenvalue weighted by Crippen LogP contribution is 2.26. The third kappa shape index (κ3) is 5.70. The summed E-state index contributed by atoms with van der Waals surface area (Å²) in [6, 6.07) is 15.1. The van der Waals surface area contributed by atoms with E-state index >= 15 is 0 Å². The number of nitrogens with zero attached hydrogens (tertiary/aromatic N) is 4. The molecule has 2 aliphatic rings. The Hall–Kier alpha value is -3.39. The lowest BCUT2D eigenvalue weighted by atomic mass is 9.88. The van der Waals surface area contributed by atoms with E-state index in [9.17, 15) is 9.59 Å². The SMILES string of the molecule is Cn1c(CN2CCN(C(=O)C3CCCCC3)CC2)nc2cc(NC(=O)COc3ccccc3)ccc21. The van der Waals surface area contributed by atoms with Crippen LogP contribution in [0.15, 0.2) is 48.5 Å². The second kappa shape index (κ2) is 11.1. The number of carbonyl (C=O) groups excluding carboxylic acids is 2. The molecule has 2 heterocycles. The van der Waals surface area contributed by atoms with Crippen LogP contribution in [0.2, 0.25) is 0 Å². The number of amides is 2. The average Bonchev–Trinajstić information content (AvgIpc) is 3.22. The molecule has 190 valence electrons. The summed E-state index contributed by atoms with van der Waals surface area (Å²) >= 11 is 0. The van der Waals surface area contributed by atoms with Gasteiger partial charge in [0.25, 0.3) is 5.91 Å². The van der Waals surface area contributed by atoms with Crippen molar-refractivity contribution < 1.29 is 14.3 Å². The standard InChI is InChI=1S/C28H35N5O3/c1-31-25-13-12-22(29-27(34)20-36-23-10-6-3-7-11-23)18-24(25)30-26(31)19-32-14-16-33(17-15-32)28(35)21-8-4-2-5-9-21/h3,6-7,10-13,18,21H,2,4-5,8-9,14-17,19-20H2,1H3,(H,29,34). The molecule has 2 aromatic carbocycles. The van der Waals surface area contributed by atoms with E-state index in [2.05, 4.69) is 19.7 Å². The Morgan fingerprint density at radius 3 is 2.50 bits per heavy atom. The maximum Gasteiger partial charge on any atom is 0.262 e. The first-order valence-corrected chi connectivity index (χ1v) is 13.0. The van der Waals surface area contributed by atoms with Crippen LogP contribution in [0.4, 0.5) is 5.69 Å². The van der Waals surface area contributed by atoms with Gasteiger partial charge in [0.05, 0.1) is 17.6 Å². The van der Waals surface area contributed by atoms with Crippen molar-refractivity contribution >= 4 is 28.5 Å². The summed E-state index contributed by atoms with van der Waals surface area (Å²) in [5.74, 6) is 2.03. The summed E-state index contributed by atoms with van der Waals surface area (Å²) in [7, 11) is 2.03. The molecule has 8 heteroatoms. The smallest absolute Gasteiger partial charge is 0.262 e. The van der Waals surface area contributed by atoms with Crippen molar-refractivity contribution in [1.29, 1.82) is 0 Å². The number of benzene rings is 2. The summed E-state index contributed by atoms with van der Waals surface area (Å²) in [5.41, 5.74) is 2.57. The van der Waals surface area contributed by atoms with Crippen LogP contribution in [-0.4, -0.2) is 64.0 Å². The number of fused-ring (bicyclic) bond motifs is 1. The molecule has 1 saturated heterocycles. The van der Waals surface area contributed by atoms with Crippen molar-refractivity contribution in [1.82, 2.24) is 19.4 Å². The highest BCUT2D eigenvalue weighted by Gasteiger charge is 2.28. The minimum Gasteiger partial charge on any atom is -0.484 e. The highest BCUT2D eigenvalue weighted by molar-refractivity contribution is 5.94. The van der Waals surface area contributed by atoms with Crippen LogP contribution in [0.25, 0.3) is 11.0 Å². The quantitative estimate of drug-likeness (QED) is 0.546. The predicted molar refractivity (Wildman–Crippen MR) is 140 cm³/mol. The first-order valence-electron chi connectivity index (χ1n) is 13.0. The van der Waals surface area contributed by atoms with Gasteiger partial charge >= 0.3 is 0 Å². The molecule has 5 rings (SSSR count). The largest absolute Gasteiger partial charge is 0.484 e. The molecule has 0 radical (unpaired) electrons. The van der Waals surface area contributed by atoms with Crippen molar-refractivity contribution in [3.8, 4) is 5.75 Å². The topological polar surface area (TPSA) is 79.7 Å². The number of nitrogens with one attached hydrogen (secondary N) is 1. The number of rotatable bonds is 7. The Morgan fingerprint density at radius 1 is 1.00 bits per heavy atom. The van der Waals surface area contributed by atoms with Crippen molar-refractivity contribution in [2.75, 3.05) is 38.1 Å². The summed E-state index contributed by atoms with van der Waals surface area (Å²) in [5, 5.41) is 2.90. The molecule has 0 bridgehead atoms. The van der Waals surface area contributed by atoms with Crippen LogP contribution in [0, 0.1) is 5.92 Å². The predicted octanol–water partition coefficient (Wildman–Crippen LogP) is 3.82. The molecule has 3 aromatic rings. The van der Waals surface area contributed by atoms with Crippen molar-refractivity contribution in [3.63, 3.8) is 0 Å². The van der Waals surface area contributed by atoms with E-state index in [0.717, 1.165) is 62.4 Å². The van der Waals surface area contributed by atoms with Gasteiger partial charge in [0, 0.05) is 44.8 Å². The number of para-hydroxylation sites is 1. The molecule has 1 aliphatic heterocycles. The van der Waals surface area contributed by atoms with Crippen molar-refractivity contribution in [2.45, 2.75) is 38.6 Å². The van der Waals surface area contributed by atoms with Crippen LogP contribution >= 0.6 is 0 Å². The number of aromatic nitrogens is 2. The van der Waals surface area contributed by atoms with Gasteiger partial charge in [-0.1, -0.05) is 37.5 Å². The number of piperazine rings is 1.